The summed E-state index contributed by atoms with van der Waals surface area (Å²) < 4.78 is 4.92. The lowest BCUT2D eigenvalue weighted by Crippen LogP contribution is -2.46. The summed E-state index contributed by atoms with van der Waals surface area (Å²) in [6.45, 7) is 1.44. The van der Waals surface area contributed by atoms with Crippen LogP contribution in [0.25, 0.3) is 0 Å². The van der Waals surface area contributed by atoms with Crippen molar-refractivity contribution in [3.63, 3.8) is 0 Å². The van der Waals surface area contributed by atoms with Gasteiger partial charge in [0, 0.05) is 6.42 Å². The number of halogens is 1. The summed E-state index contributed by atoms with van der Waals surface area (Å²) in [5, 5.41) is 18.2. The number of methoxy groups -OCH3 is 1. The molecule has 0 unspecified atom stereocenters. The molecule has 0 aliphatic heterocycles. The molecule has 4 N–H and O–H groups in total. The molecule has 1 rings (SSSR count). The Balaban J connectivity index is 0.00000256. The zero-order valence-corrected chi connectivity index (χ0v) is 10.5. The Morgan fingerprint density at radius 2 is 2.12 bits per heavy atom. The Labute approximate surface area is 106 Å². The molecule has 0 fully saturated rings. The number of nitrogens with two attached hydrogens (primary N) is 1. The van der Waals surface area contributed by atoms with E-state index < -0.39 is 11.5 Å². The molecule has 0 heterocycles. The van der Waals surface area contributed by atoms with E-state index in [-0.39, 0.29) is 24.6 Å². The molecule has 17 heavy (non-hydrogen) atoms. The van der Waals surface area contributed by atoms with Gasteiger partial charge in [0.25, 0.3) is 0 Å². The summed E-state index contributed by atoms with van der Waals surface area (Å²) in [5.41, 5.74) is 4.98. The van der Waals surface area contributed by atoms with E-state index in [0.29, 0.717) is 11.3 Å². The van der Waals surface area contributed by atoms with Gasteiger partial charge in [0.2, 0.25) is 0 Å². The van der Waals surface area contributed by atoms with Gasteiger partial charge < -0.3 is 20.7 Å². The highest BCUT2D eigenvalue weighted by atomic mass is 35.5. The molecule has 0 aromatic heterocycles. The molecule has 0 amide bonds. The molecule has 0 aliphatic rings. The Kier molecular flexibility index (Phi) is 5.25. The molecule has 0 saturated carbocycles. The van der Waals surface area contributed by atoms with E-state index in [2.05, 4.69) is 0 Å². The first-order chi connectivity index (χ1) is 7.36. The van der Waals surface area contributed by atoms with E-state index in [1.54, 1.807) is 12.1 Å². The Morgan fingerprint density at radius 3 is 2.59 bits per heavy atom. The fourth-order valence-corrected chi connectivity index (χ4v) is 1.33. The smallest absolute Gasteiger partial charge is 0.323 e. The van der Waals surface area contributed by atoms with Crippen LogP contribution in [0.4, 0.5) is 0 Å². The average Bonchev–Trinajstić information content (AvgIpc) is 2.20. The van der Waals surface area contributed by atoms with Gasteiger partial charge >= 0.3 is 5.97 Å². The first-order valence-corrected chi connectivity index (χ1v) is 4.75. The number of phenolic OH excluding ortho intramolecular Hbond substituents is 1. The lowest BCUT2D eigenvalue weighted by Gasteiger charge is -2.19. The number of hydrogen-bond donors (Lipinski definition) is 3. The minimum atomic E-state index is -1.33. The largest absolute Gasteiger partial charge is 0.504 e. The van der Waals surface area contributed by atoms with Crippen molar-refractivity contribution >= 4 is 18.4 Å². The molecule has 0 spiro atoms. The van der Waals surface area contributed by atoms with Crippen LogP contribution in [-0.4, -0.2) is 28.8 Å². The maximum atomic E-state index is 10.8. The monoisotopic (exact) mass is 261 g/mol. The number of carboxylic acid groups (broad SMARTS) is 1. The number of aliphatic carboxylic acids is 1. The molecule has 96 valence electrons. The van der Waals surface area contributed by atoms with Gasteiger partial charge in [-0.05, 0) is 24.6 Å². The van der Waals surface area contributed by atoms with Crippen LogP contribution in [0.2, 0.25) is 0 Å². The number of hydrogen-bond acceptors (Lipinski definition) is 4. The Morgan fingerprint density at radius 1 is 1.53 bits per heavy atom. The highest BCUT2D eigenvalue weighted by Crippen LogP contribution is 2.27. The highest BCUT2D eigenvalue weighted by molar-refractivity contribution is 5.85. The number of aromatic hydroxyl groups is 1. The summed E-state index contributed by atoms with van der Waals surface area (Å²) >= 11 is 0. The minimum absolute atomic E-state index is 0. The first kappa shape index (κ1) is 15.5. The zero-order valence-electron chi connectivity index (χ0n) is 9.64. The van der Waals surface area contributed by atoms with Crippen molar-refractivity contribution in [1.82, 2.24) is 0 Å². The van der Waals surface area contributed by atoms with Gasteiger partial charge in [0.15, 0.2) is 11.5 Å². The second-order valence-electron chi connectivity index (χ2n) is 3.91. The van der Waals surface area contributed by atoms with E-state index in [9.17, 15) is 9.90 Å². The Bertz CT molecular complexity index is 406. The van der Waals surface area contributed by atoms with Gasteiger partial charge in [-0.1, -0.05) is 6.07 Å². The number of benzene rings is 1. The van der Waals surface area contributed by atoms with Gasteiger partial charge in [-0.15, -0.1) is 12.4 Å². The molecule has 1 atom stereocenters. The van der Waals surface area contributed by atoms with Crippen LogP contribution in [0.15, 0.2) is 18.2 Å². The van der Waals surface area contributed by atoms with Crippen LogP contribution in [0.1, 0.15) is 12.5 Å². The molecule has 0 aliphatic carbocycles. The fourth-order valence-electron chi connectivity index (χ4n) is 1.33. The normalized spacial score (nSPS) is 13.4. The number of rotatable bonds is 4. The lowest BCUT2D eigenvalue weighted by molar-refractivity contribution is -0.142. The third-order valence-corrected chi connectivity index (χ3v) is 2.30. The summed E-state index contributed by atoms with van der Waals surface area (Å²) in [7, 11) is 1.43. The molecule has 5 nitrogen and oxygen atoms in total. The summed E-state index contributed by atoms with van der Waals surface area (Å²) in [4.78, 5) is 10.8. The summed E-state index contributed by atoms with van der Waals surface area (Å²) in [5.74, 6) is -0.751. The van der Waals surface area contributed by atoms with Crippen molar-refractivity contribution in [1.29, 1.82) is 0 Å². The topological polar surface area (TPSA) is 92.8 Å². The fraction of sp³-hybridized carbons (Fsp3) is 0.364. The Hall–Kier alpha value is -1.46. The van der Waals surface area contributed by atoms with Crippen molar-refractivity contribution in [2.24, 2.45) is 5.73 Å². The van der Waals surface area contributed by atoms with E-state index in [1.165, 1.54) is 20.1 Å². The van der Waals surface area contributed by atoms with Gasteiger partial charge in [0.05, 0.1) is 7.11 Å². The minimum Gasteiger partial charge on any atom is -0.504 e. The molecule has 6 heteroatoms. The second kappa shape index (κ2) is 5.75. The average molecular weight is 262 g/mol. The van der Waals surface area contributed by atoms with Crippen molar-refractivity contribution in [3.8, 4) is 11.5 Å². The second-order valence-corrected chi connectivity index (χ2v) is 3.91. The maximum absolute atomic E-state index is 10.8. The third kappa shape index (κ3) is 3.80. The van der Waals surface area contributed by atoms with Gasteiger partial charge in [-0.25, -0.2) is 0 Å². The van der Waals surface area contributed by atoms with Crippen molar-refractivity contribution < 1.29 is 19.7 Å². The summed E-state index contributed by atoms with van der Waals surface area (Å²) in [6.07, 6.45) is 0.166. The van der Waals surface area contributed by atoms with Crippen LogP contribution in [0.5, 0.6) is 11.5 Å². The molecular weight excluding hydrogens is 246 g/mol. The molecule has 0 bridgehead atoms. The van der Waals surface area contributed by atoms with Gasteiger partial charge in [0.1, 0.15) is 5.54 Å². The number of carbonyl (C=O) groups is 1. The van der Waals surface area contributed by atoms with Crippen LogP contribution < -0.4 is 10.5 Å². The molecule has 0 saturated heterocycles. The van der Waals surface area contributed by atoms with E-state index in [4.69, 9.17) is 15.6 Å². The highest BCUT2D eigenvalue weighted by Gasteiger charge is 2.28. The molecule has 1 aromatic carbocycles. The zero-order chi connectivity index (χ0) is 12.3. The van der Waals surface area contributed by atoms with Crippen LogP contribution in [-0.2, 0) is 11.2 Å². The quantitative estimate of drug-likeness (QED) is 0.757. The van der Waals surface area contributed by atoms with Crippen LogP contribution in [0, 0.1) is 0 Å². The van der Waals surface area contributed by atoms with Crippen molar-refractivity contribution in [2.75, 3.05) is 7.11 Å². The molecular formula is C11H16ClNO4. The third-order valence-electron chi connectivity index (χ3n) is 2.30. The molecule has 0 radical (unpaired) electrons. The van der Waals surface area contributed by atoms with Crippen molar-refractivity contribution in [2.45, 2.75) is 18.9 Å². The first-order valence-electron chi connectivity index (χ1n) is 4.75. The maximum Gasteiger partial charge on any atom is 0.323 e. The van der Waals surface area contributed by atoms with E-state index in [1.807, 2.05) is 0 Å². The van der Waals surface area contributed by atoms with Crippen LogP contribution >= 0.6 is 12.4 Å². The standard InChI is InChI=1S/C11H15NO4.ClH/c1-11(12,10(14)15)6-7-3-4-8(13)9(5-7)16-2;/h3-5,13H,6,12H2,1-2H3,(H,14,15);1H/t11-;/m0./s1. The SMILES string of the molecule is COc1cc(C[C@](C)(N)C(=O)O)ccc1O.Cl. The van der Waals surface area contributed by atoms with E-state index in [0.717, 1.165) is 0 Å². The summed E-state index contributed by atoms with van der Waals surface area (Å²) in [6, 6.07) is 4.64. The lowest BCUT2D eigenvalue weighted by atomic mass is 9.94. The number of ether oxygens (including phenoxy) is 1. The predicted octanol–water partition coefficient (Wildman–Crippen LogP) is 1.17. The van der Waals surface area contributed by atoms with Gasteiger partial charge in [-0.2, -0.15) is 0 Å². The van der Waals surface area contributed by atoms with E-state index >= 15 is 0 Å². The van der Waals surface area contributed by atoms with Crippen molar-refractivity contribution in [3.05, 3.63) is 23.8 Å². The van der Waals surface area contributed by atoms with Gasteiger partial charge in [-0.3, -0.25) is 4.79 Å². The number of carboxylic acids is 1. The number of phenols is 1. The molecule has 1 aromatic rings. The predicted molar refractivity (Wildman–Crippen MR) is 65.8 cm³/mol. The van der Waals surface area contributed by atoms with Crippen LogP contribution in [0.3, 0.4) is 0 Å².